The normalized spacial score (nSPS) is 41.5. The molecule has 0 bridgehead atoms. The zero-order valence-corrected chi connectivity index (χ0v) is 15.9. The van der Waals surface area contributed by atoms with Crippen LogP contribution in [0, 0.1) is 17.8 Å². The highest BCUT2D eigenvalue weighted by molar-refractivity contribution is 7.88. The maximum Gasteiger partial charge on any atom is 0.304 e. The maximum atomic E-state index is 15.3. The predicted molar refractivity (Wildman–Crippen MR) is 92.9 cm³/mol. The highest BCUT2D eigenvalue weighted by atomic mass is 32.2. The van der Waals surface area contributed by atoms with E-state index in [-0.39, 0.29) is 17.9 Å². The second kappa shape index (κ2) is 7.69. The van der Waals surface area contributed by atoms with Crippen LogP contribution < -0.4 is 4.72 Å². The third kappa shape index (κ3) is 4.05. The molecule has 3 N–H and O–H groups in total. The van der Waals surface area contributed by atoms with Gasteiger partial charge in [0.05, 0.1) is 24.8 Å². The van der Waals surface area contributed by atoms with Gasteiger partial charge in [-0.1, -0.05) is 19.3 Å². The largest absolute Gasteiger partial charge is 0.393 e. The second-order valence-electron chi connectivity index (χ2n) is 8.20. The highest BCUT2D eigenvalue weighted by Crippen LogP contribution is 2.47. The molecule has 2 aliphatic carbocycles. The van der Waals surface area contributed by atoms with Crippen molar-refractivity contribution in [1.82, 2.24) is 9.03 Å². The Morgan fingerprint density at radius 1 is 1.35 bits per heavy atom. The number of hydrogen-bond donors (Lipinski definition) is 3. The summed E-state index contributed by atoms with van der Waals surface area (Å²) in [7, 11) is -4.07. The first-order valence-corrected chi connectivity index (χ1v) is 11.0. The van der Waals surface area contributed by atoms with Gasteiger partial charge in [0.1, 0.15) is 6.17 Å². The lowest BCUT2D eigenvalue weighted by atomic mass is 9.64. The molecule has 1 heterocycles. The molecule has 3 rings (SSSR count). The molecular weight excluding hydrogens is 363 g/mol. The SMILES string of the molecule is C[C@H](O)CCCC1CCC2CC(O)C(N3CC(=O)NS3(=O)=O)C(F)C2C1. The van der Waals surface area contributed by atoms with Crippen molar-refractivity contribution in [3.63, 3.8) is 0 Å². The van der Waals surface area contributed by atoms with Gasteiger partial charge in [-0.3, -0.25) is 4.79 Å². The van der Waals surface area contributed by atoms with Crippen LogP contribution in [-0.4, -0.2) is 59.8 Å². The summed E-state index contributed by atoms with van der Waals surface area (Å²) in [5, 5.41) is 19.8. The van der Waals surface area contributed by atoms with Gasteiger partial charge in [-0.05, 0) is 50.4 Å². The number of carbonyl (C=O) groups is 1. The number of carbonyl (C=O) groups excluding carboxylic acids is 1. The first-order chi connectivity index (χ1) is 12.2. The molecule has 1 amide bonds. The molecule has 2 saturated carbocycles. The molecule has 3 fully saturated rings. The smallest absolute Gasteiger partial charge is 0.304 e. The Labute approximate surface area is 154 Å². The number of hydrogen-bond acceptors (Lipinski definition) is 5. The lowest BCUT2D eigenvalue weighted by molar-refractivity contribution is -0.120. The van der Waals surface area contributed by atoms with E-state index in [4.69, 9.17) is 0 Å². The van der Waals surface area contributed by atoms with Gasteiger partial charge in [-0.15, -0.1) is 0 Å². The van der Waals surface area contributed by atoms with Gasteiger partial charge in [0.25, 0.3) is 0 Å². The summed E-state index contributed by atoms with van der Waals surface area (Å²) in [6.07, 6.45) is 2.49. The number of halogens is 1. The van der Waals surface area contributed by atoms with Crippen LogP contribution in [0.3, 0.4) is 0 Å². The molecule has 9 heteroatoms. The Morgan fingerprint density at radius 2 is 2.08 bits per heavy atom. The van der Waals surface area contributed by atoms with E-state index in [0.29, 0.717) is 18.8 Å². The van der Waals surface area contributed by atoms with Crippen molar-refractivity contribution >= 4 is 16.1 Å². The molecule has 0 spiro atoms. The fraction of sp³-hybridized carbons (Fsp3) is 0.941. The number of aliphatic hydroxyl groups excluding tert-OH is 2. The van der Waals surface area contributed by atoms with Crippen LogP contribution in [0.2, 0.25) is 0 Å². The molecule has 6 unspecified atom stereocenters. The van der Waals surface area contributed by atoms with E-state index in [0.717, 1.165) is 36.4 Å². The van der Waals surface area contributed by atoms with E-state index >= 15 is 4.39 Å². The minimum absolute atomic E-state index is 0.0539. The average molecular weight is 392 g/mol. The topological polar surface area (TPSA) is 107 Å². The van der Waals surface area contributed by atoms with Crippen molar-refractivity contribution in [1.29, 1.82) is 0 Å². The van der Waals surface area contributed by atoms with Crippen LogP contribution in [0.5, 0.6) is 0 Å². The number of amides is 1. The van der Waals surface area contributed by atoms with E-state index in [9.17, 15) is 23.4 Å². The Bertz CT molecular complexity index is 629. The van der Waals surface area contributed by atoms with Crippen LogP contribution in [-0.2, 0) is 15.0 Å². The van der Waals surface area contributed by atoms with Gasteiger partial charge in [0.2, 0.25) is 5.91 Å². The highest BCUT2D eigenvalue weighted by Gasteiger charge is 2.53. The van der Waals surface area contributed by atoms with Crippen molar-refractivity contribution in [2.45, 2.75) is 76.3 Å². The zero-order chi connectivity index (χ0) is 19.1. The van der Waals surface area contributed by atoms with Crippen molar-refractivity contribution in [2.75, 3.05) is 6.54 Å². The number of alkyl halides is 1. The second-order valence-corrected chi connectivity index (χ2v) is 9.82. The number of nitrogens with one attached hydrogen (secondary N) is 1. The van der Waals surface area contributed by atoms with Crippen LogP contribution in [0.4, 0.5) is 4.39 Å². The Hall–Kier alpha value is -0.770. The van der Waals surface area contributed by atoms with E-state index in [1.165, 1.54) is 0 Å². The lowest BCUT2D eigenvalue weighted by Crippen LogP contribution is -2.58. The van der Waals surface area contributed by atoms with Gasteiger partial charge in [-0.2, -0.15) is 12.7 Å². The Morgan fingerprint density at radius 3 is 2.69 bits per heavy atom. The quantitative estimate of drug-likeness (QED) is 0.639. The number of rotatable bonds is 5. The molecule has 1 saturated heterocycles. The summed E-state index contributed by atoms with van der Waals surface area (Å²) in [5.74, 6) is -0.567. The van der Waals surface area contributed by atoms with Gasteiger partial charge in [-0.25, -0.2) is 9.11 Å². The first kappa shape index (κ1) is 20.0. The molecule has 0 aromatic heterocycles. The predicted octanol–water partition coefficient (Wildman–Crippen LogP) is 0.718. The van der Waals surface area contributed by atoms with Crippen LogP contribution in [0.1, 0.15) is 51.9 Å². The molecule has 26 heavy (non-hydrogen) atoms. The molecule has 7 atom stereocenters. The fourth-order valence-electron chi connectivity index (χ4n) is 5.00. The van der Waals surface area contributed by atoms with Gasteiger partial charge in [0.15, 0.2) is 0 Å². The summed E-state index contributed by atoms with van der Waals surface area (Å²) in [6, 6.07) is -1.20. The van der Waals surface area contributed by atoms with Crippen molar-refractivity contribution in [2.24, 2.45) is 17.8 Å². The molecule has 3 aliphatic rings. The van der Waals surface area contributed by atoms with E-state index in [1.54, 1.807) is 6.92 Å². The summed E-state index contributed by atoms with van der Waals surface area (Å²) in [4.78, 5) is 11.5. The number of nitrogens with zero attached hydrogens (tertiary/aromatic N) is 1. The minimum Gasteiger partial charge on any atom is -0.393 e. The molecule has 1 aliphatic heterocycles. The summed E-state index contributed by atoms with van der Waals surface area (Å²) in [5.41, 5.74) is 0. The van der Waals surface area contributed by atoms with Crippen molar-refractivity contribution in [3.8, 4) is 0 Å². The van der Waals surface area contributed by atoms with Crippen LogP contribution in [0.15, 0.2) is 0 Å². The maximum absolute atomic E-state index is 15.3. The number of aliphatic hydroxyl groups is 2. The molecule has 0 aromatic rings. The first-order valence-electron chi connectivity index (χ1n) is 9.51. The zero-order valence-electron chi connectivity index (χ0n) is 15.1. The van der Waals surface area contributed by atoms with Gasteiger partial charge >= 0.3 is 10.2 Å². The van der Waals surface area contributed by atoms with Crippen LogP contribution in [0.25, 0.3) is 0 Å². The molecular formula is C17H29FN2O5S. The third-order valence-electron chi connectivity index (χ3n) is 6.25. The molecule has 0 aromatic carbocycles. The molecule has 7 nitrogen and oxygen atoms in total. The van der Waals surface area contributed by atoms with Gasteiger partial charge in [0, 0.05) is 0 Å². The summed E-state index contributed by atoms with van der Waals surface area (Å²) in [6.45, 7) is 1.33. The Kier molecular flexibility index (Phi) is 5.91. The fourth-order valence-corrected chi connectivity index (χ4v) is 6.33. The summed E-state index contributed by atoms with van der Waals surface area (Å²) >= 11 is 0. The molecule has 0 radical (unpaired) electrons. The van der Waals surface area contributed by atoms with Crippen molar-refractivity contribution < 1.29 is 27.8 Å². The standard InChI is InChI=1S/C17H29FN2O5S/c1-10(21)3-2-4-11-5-6-12-8-14(22)17(16(18)13(12)7-11)20-9-15(23)19-26(20,24)25/h10-14,16-17,21-22H,2-9H2,1H3,(H,19,23)/t10-,11?,12?,13?,14?,16?,17?/m0/s1. The average Bonchev–Trinajstić information content (AvgIpc) is 2.80. The molecule has 150 valence electrons. The lowest BCUT2D eigenvalue weighted by Gasteiger charge is -2.48. The number of fused-ring (bicyclic) bond motifs is 1. The summed E-state index contributed by atoms with van der Waals surface area (Å²) < 4.78 is 42.2. The van der Waals surface area contributed by atoms with Crippen LogP contribution >= 0.6 is 0 Å². The monoisotopic (exact) mass is 392 g/mol. The van der Waals surface area contributed by atoms with E-state index in [1.807, 2.05) is 4.72 Å². The van der Waals surface area contributed by atoms with E-state index in [2.05, 4.69) is 0 Å². The van der Waals surface area contributed by atoms with E-state index < -0.39 is 41.0 Å². The van der Waals surface area contributed by atoms with Gasteiger partial charge < -0.3 is 10.2 Å². The Balaban J connectivity index is 1.69. The van der Waals surface area contributed by atoms with Crippen molar-refractivity contribution in [3.05, 3.63) is 0 Å². The minimum atomic E-state index is -4.07. The third-order valence-corrected chi connectivity index (χ3v) is 7.72.